The second-order valence-electron chi connectivity index (χ2n) is 4.28. The van der Waals surface area contributed by atoms with Crippen LogP contribution in [0.4, 0.5) is 0 Å². The Hall–Kier alpha value is -1.11. The normalized spacial score (nSPS) is 29.9. The van der Waals surface area contributed by atoms with Crippen molar-refractivity contribution in [2.45, 2.75) is 12.5 Å². The van der Waals surface area contributed by atoms with E-state index in [4.69, 9.17) is 0 Å². The molecule has 1 unspecified atom stereocenters. The van der Waals surface area contributed by atoms with E-state index in [1.54, 1.807) is 7.05 Å². The van der Waals surface area contributed by atoms with Crippen molar-refractivity contribution in [1.29, 1.82) is 0 Å². The van der Waals surface area contributed by atoms with E-state index in [0.29, 0.717) is 19.5 Å². The van der Waals surface area contributed by atoms with Crippen LogP contribution < -0.4 is 0 Å². The van der Waals surface area contributed by atoms with Gasteiger partial charge in [-0.05, 0) is 6.42 Å². The van der Waals surface area contributed by atoms with Gasteiger partial charge in [0.25, 0.3) is 0 Å². The molecule has 2 amide bonds. The van der Waals surface area contributed by atoms with E-state index in [1.165, 1.54) is 9.80 Å². The first-order valence-electron chi connectivity index (χ1n) is 5.17. The average molecular weight is 246 g/mol. The van der Waals surface area contributed by atoms with Crippen molar-refractivity contribution in [2.24, 2.45) is 0 Å². The minimum atomic E-state index is -3.02. The summed E-state index contributed by atoms with van der Waals surface area (Å²) in [5.41, 5.74) is 0. The third-order valence-electron chi connectivity index (χ3n) is 3.12. The molecule has 2 saturated heterocycles. The maximum absolute atomic E-state index is 11.7. The Kier molecular flexibility index (Phi) is 2.65. The molecule has 0 saturated carbocycles. The van der Waals surface area contributed by atoms with E-state index in [0.717, 1.165) is 0 Å². The van der Waals surface area contributed by atoms with Crippen molar-refractivity contribution in [2.75, 3.05) is 31.6 Å². The summed E-state index contributed by atoms with van der Waals surface area (Å²) in [4.78, 5) is 25.9. The predicted octanol–water partition coefficient (Wildman–Crippen LogP) is -1.53. The summed E-state index contributed by atoms with van der Waals surface area (Å²) < 4.78 is 22.6. The zero-order valence-corrected chi connectivity index (χ0v) is 9.87. The van der Waals surface area contributed by atoms with Gasteiger partial charge in [-0.15, -0.1) is 0 Å². The van der Waals surface area contributed by atoms with E-state index < -0.39 is 21.7 Å². The van der Waals surface area contributed by atoms with Gasteiger partial charge in [0.1, 0.15) is 0 Å². The fraction of sp³-hybridized carbons (Fsp3) is 0.778. The molecule has 6 nitrogen and oxygen atoms in total. The minimum absolute atomic E-state index is 0.00423. The monoisotopic (exact) mass is 246 g/mol. The van der Waals surface area contributed by atoms with E-state index in [2.05, 4.69) is 0 Å². The maximum atomic E-state index is 11.7. The van der Waals surface area contributed by atoms with Gasteiger partial charge in [-0.1, -0.05) is 0 Å². The van der Waals surface area contributed by atoms with Crippen LogP contribution in [0.2, 0.25) is 0 Å². The molecule has 0 aromatic carbocycles. The summed E-state index contributed by atoms with van der Waals surface area (Å²) >= 11 is 0. The summed E-state index contributed by atoms with van der Waals surface area (Å²) in [7, 11) is -1.45. The summed E-state index contributed by atoms with van der Waals surface area (Å²) in [5.74, 6) is -1.01. The molecule has 2 fully saturated rings. The lowest BCUT2D eigenvalue weighted by Gasteiger charge is -2.34. The van der Waals surface area contributed by atoms with Crippen LogP contribution in [-0.4, -0.2) is 67.7 Å². The summed E-state index contributed by atoms with van der Waals surface area (Å²) in [6, 6.07) is -0.310. The first-order chi connectivity index (χ1) is 7.41. The van der Waals surface area contributed by atoms with Gasteiger partial charge in [0.05, 0.1) is 11.5 Å². The number of nitrogens with zero attached hydrogens (tertiary/aromatic N) is 2. The van der Waals surface area contributed by atoms with Gasteiger partial charge >= 0.3 is 11.8 Å². The van der Waals surface area contributed by atoms with Crippen molar-refractivity contribution < 1.29 is 18.0 Å². The molecular formula is C9H14N2O4S. The summed E-state index contributed by atoms with van der Waals surface area (Å²) in [6.45, 7) is 0.905. The fourth-order valence-electron chi connectivity index (χ4n) is 2.12. The van der Waals surface area contributed by atoms with Gasteiger partial charge in [0, 0.05) is 26.2 Å². The van der Waals surface area contributed by atoms with Gasteiger partial charge in [0.15, 0.2) is 9.84 Å². The topological polar surface area (TPSA) is 74.8 Å². The molecule has 0 N–H and O–H groups in total. The molecule has 7 heteroatoms. The fourth-order valence-corrected chi connectivity index (χ4v) is 3.85. The van der Waals surface area contributed by atoms with Crippen LogP contribution in [0.15, 0.2) is 0 Å². The maximum Gasteiger partial charge on any atom is 0.312 e. The quantitative estimate of drug-likeness (QED) is 0.526. The first-order valence-corrected chi connectivity index (χ1v) is 6.99. The Bertz CT molecular complexity index is 431. The Morgan fingerprint density at radius 2 is 1.88 bits per heavy atom. The molecular weight excluding hydrogens is 232 g/mol. The zero-order chi connectivity index (χ0) is 11.9. The van der Waals surface area contributed by atoms with Crippen LogP contribution in [0.5, 0.6) is 0 Å². The highest BCUT2D eigenvalue weighted by atomic mass is 32.2. The van der Waals surface area contributed by atoms with Gasteiger partial charge in [-0.3, -0.25) is 9.59 Å². The number of likely N-dealkylation sites (N-methyl/N-ethyl adjacent to an activating group) is 1. The number of carbonyl (C=O) groups excluding carboxylic acids is 2. The van der Waals surface area contributed by atoms with Crippen molar-refractivity contribution in [3.8, 4) is 0 Å². The molecule has 0 bridgehead atoms. The molecule has 1 atom stereocenters. The number of piperazine rings is 1. The van der Waals surface area contributed by atoms with Crippen molar-refractivity contribution in [3.63, 3.8) is 0 Å². The number of amides is 2. The molecule has 0 spiro atoms. The lowest BCUT2D eigenvalue weighted by Crippen LogP contribution is -2.56. The smallest absolute Gasteiger partial charge is 0.312 e. The Morgan fingerprint density at radius 1 is 1.19 bits per heavy atom. The SMILES string of the molecule is CN1CCN(C2CCS(=O)(=O)C2)C(=O)C1=O. The molecule has 0 aliphatic carbocycles. The standard InChI is InChI=1S/C9H14N2O4S/c1-10-3-4-11(9(13)8(10)12)7-2-5-16(14,15)6-7/h7H,2-6H2,1H3. The summed E-state index contributed by atoms with van der Waals surface area (Å²) in [6.07, 6.45) is 0.449. The lowest BCUT2D eigenvalue weighted by molar-refractivity contribution is -0.156. The van der Waals surface area contributed by atoms with Gasteiger partial charge in [-0.2, -0.15) is 0 Å². The van der Waals surface area contributed by atoms with E-state index in [9.17, 15) is 18.0 Å². The van der Waals surface area contributed by atoms with Crippen LogP contribution in [0.3, 0.4) is 0 Å². The van der Waals surface area contributed by atoms with Crippen molar-refractivity contribution in [3.05, 3.63) is 0 Å². The van der Waals surface area contributed by atoms with Crippen LogP contribution >= 0.6 is 0 Å². The molecule has 0 aromatic rings. The number of hydrogen-bond acceptors (Lipinski definition) is 4. The largest absolute Gasteiger partial charge is 0.336 e. The second-order valence-corrected chi connectivity index (χ2v) is 6.51. The average Bonchev–Trinajstić information content (AvgIpc) is 2.55. The second kappa shape index (κ2) is 3.73. The minimum Gasteiger partial charge on any atom is -0.336 e. The number of carbonyl (C=O) groups is 2. The summed E-state index contributed by atoms with van der Waals surface area (Å²) in [5, 5.41) is 0. The van der Waals surface area contributed by atoms with Crippen molar-refractivity contribution >= 4 is 21.7 Å². The molecule has 2 heterocycles. The van der Waals surface area contributed by atoms with Crippen LogP contribution in [0.25, 0.3) is 0 Å². The first kappa shape index (κ1) is 11.4. The van der Waals surface area contributed by atoms with Crippen LogP contribution in [0.1, 0.15) is 6.42 Å². The molecule has 16 heavy (non-hydrogen) atoms. The van der Waals surface area contributed by atoms with E-state index >= 15 is 0 Å². The number of rotatable bonds is 1. The molecule has 0 aromatic heterocycles. The molecule has 2 aliphatic rings. The number of sulfone groups is 1. The Labute approximate surface area is 94.1 Å². The van der Waals surface area contributed by atoms with Crippen LogP contribution in [-0.2, 0) is 19.4 Å². The molecule has 2 aliphatic heterocycles. The third kappa shape index (κ3) is 1.91. The van der Waals surface area contributed by atoms with E-state index in [1.807, 2.05) is 0 Å². The number of hydrogen-bond donors (Lipinski definition) is 0. The highest BCUT2D eigenvalue weighted by Gasteiger charge is 2.39. The molecule has 2 rings (SSSR count). The lowest BCUT2D eigenvalue weighted by atomic mass is 10.2. The van der Waals surface area contributed by atoms with E-state index in [-0.39, 0.29) is 17.5 Å². The molecule has 0 radical (unpaired) electrons. The highest BCUT2D eigenvalue weighted by Crippen LogP contribution is 2.19. The zero-order valence-electron chi connectivity index (χ0n) is 9.05. The highest BCUT2D eigenvalue weighted by molar-refractivity contribution is 7.91. The van der Waals surface area contributed by atoms with Gasteiger partial charge < -0.3 is 9.80 Å². The van der Waals surface area contributed by atoms with Gasteiger partial charge in [-0.25, -0.2) is 8.42 Å². The Balaban J connectivity index is 2.12. The van der Waals surface area contributed by atoms with Crippen molar-refractivity contribution in [1.82, 2.24) is 9.80 Å². The predicted molar refractivity (Wildman–Crippen MR) is 56.4 cm³/mol. The van der Waals surface area contributed by atoms with Crippen LogP contribution in [0, 0.1) is 0 Å². The third-order valence-corrected chi connectivity index (χ3v) is 4.87. The Morgan fingerprint density at radius 3 is 2.44 bits per heavy atom. The van der Waals surface area contributed by atoms with Gasteiger partial charge in [0.2, 0.25) is 0 Å². The molecule has 90 valence electrons.